The number of benzene rings is 1. The van der Waals surface area contributed by atoms with Gasteiger partial charge in [0, 0.05) is 5.69 Å². The molecular formula is C7H8N2O. The predicted octanol–water partition coefficient (Wildman–Crippen LogP) is 1.54. The molecule has 0 radical (unpaired) electrons. The van der Waals surface area contributed by atoms with Gasteiger partial charge in [0.05, 0.1) is 0 Å². The highest BCUT2D eigenvalue weighted by atomic mass is 16.3. The molecule has 0 saturated carbocycles. The lowest BCUT2D eigenvalue weighted by Crippen LogP contribution is -1.90. The maximum Gasteiger partial charge on any atom is 0.108 e. The maximum atomic E-state index is 9.82. The first-order valence-electron chi connectivity index (χ1n) is 2.97. The Kier molecular flexibility index (Phi) is 1.99. The molecule has 2 N–H and O–H groups in total. The van der Waals surface area contributed by atoms with Gasteiger partial charge in [-0.25, -0.2) is 0 Å². The van der Waals surface area contributed by atoms with Crippen molar-refractivity contribution in [3.63, 3.8) is 0 Å². The van der Waals surface area contributed by atoms with E-state index in [1.165, 1.54) is 0 Å². The molecule has 52 valence electrons. The Balaban J connectivity index is 2.91. The number of hydrogen-bond donors (Lipinski definition) is 1. The molecule has 0 amide bonds. The quantitative estimate of drug-likeness (QED) is 0.495. The van der Waals surface area contributed by atoms with Crippen molar-refractivity contribution in [2.24, 2.45) is 5.18 Å². The molecule has 0 atom stereocenters. The van der Waals surface area contributed by atoms with E-state index >= 15 is 0 Å². The number of nitrogen functional groups attached to an aromatic ring is 1. The number of hydrogen-bond acceptors (Lipinski definition) is 3. The Morgan fingerprint density at radius 3 is 2.70 bits per heavy atom. The highest BCUT2D eigenvalue weighted by Gasteiger charge is 1.94. The Labute approximate surface area is 58.8 Å². The van der Waals surface area contributed by atoms with Crippen molar-refractivity contribution in [1.82, 2.24) is 0 Å². The van der Waals surface area contributed by atoms with Crippen LogP contribution < -0.4 is 5.73 Å². The number of nitrogens with zero attached hydrogens (tertiary/aromatic N) is 1. The number of para-hydroxylation sites is 1. The third-order valence-corrected chi connectivity index (χ3v) is 1.29. The third-order valence-electron chi connectivity index (χ3n) is 1.29. The molecule has 0 saturated heterocycles. The molecule has 0 aliphatic rings. The molecule has 0 unspecified atom stereocenters. The van der Waals surface area contributed by atoms with E-state index < -0.39 is 0 Å². The topological polar surface area (TPSA) is 55.4 Å². The summed E-state index contributed by atoms with van der Waals surface area (Å²) in [6.07, 6.45) is 0. The van der Waals surface area contributed by atoms with Crippen LogP contribution in [-0.4, -0.2) is 0 Å². The molecule has 0 aromatic heterocycles. The third kappa shape index (κ3) is 1.31. The summed E-state index contributed by atoms with van der Waals surface area (Å²) in [5, 5.41) is 2.74. The van der Waals surface area contributed by atoms with Crippen LogP contribution in [0.25, 0.3) is 0 Å². The minimum atomic E-state index is 0.159. The Morgan fingerprint density at radius 2 is 2.10 bits per heavy atom. The van der Waals surface area contributed by atoms with Gasteiger partial charge in [0.1, 0.15) is 6.54 Å². The molecule has 3 nitrogen and oxygen atoms in total. The largest absolute Gasteiger partial charge is 0.398 e. The second-order valence-corrected chi connectivity index (χ2v) is 1.99. The van der Waals surface area contributed by atoms with E-state index in [4.69, 9.17) is 5.73 Å². The van der Waals surface area contributed by atoms with E-state index in [1.807, 2.05) is 12.1 Å². The average molecular weight is 136 g/mol. The summed E-state index contributed by atoms with van der Waals surface area (Å²) in [7, 11) is 0. The first-order chi connectivity index (χ1) is 4.84. The highest BCUT2D eigenvalue weighted by molar-refractivity contribution is 5.46. The van der Waals surface area contributed by atoms with Crippen LogP contribution >= 0.6 is 0 Å². The average Bonchev–Trinajstić information content (AvgIpc) is 1.94. The summed E-state index contributed by atoms with van der Waals surface area (Å²) in [5.74, 6) is 0. The molecule has 0 aliphatic carbocycles. The van der Waals surface area contributed by atoms with Crippen molar-refractivity contribution in [3.05, 3.63) is 34.7 Å². The first kappa shape index (κ1) is 6.74. The van der Waals surface area contributed by atoms with Gasteiger partial charge in [-0.05, 0) is 11.6 Å². The van der Waals surface area contributed by atoms with E-state index in [1.54, 1.807) is 12.1 Å². The van der Waals surface area contributed by atoms with E-state index in [0.29, 0.717) is 5.69 Å². The first-order valence-corrected chi connectivity index (χ1v) is 2.97. The zero-order valence-corrected chi connectivity index (χ0v) is 5.45. The monoisotopic (exact) mass is 136 g/mol. The molecule has 0 aliphatic heterocycles. The molecule has 1 aromatic rings. The van der Waals surface area contributed by atoms with Gasteiger partial charge in [0.2, 0.25) is 0 Å². The predicted molar refractivity (Wildman–Crippen MR) is 40.4 cm³/mol. The van der Waals surface area contributed by atoms with Crippen molar-refractivity contribution in [2.45, 2.75) is 6.54 Å². The van der Waals surface area contributed by atoms with E-state index in [-0.39, 0.29) is 6.54 Å². The fourth-order valence-corrected chi connectivity index (χ4v) is 0.748. The van der Waals surface area contributed by atoms with Crippen LogP contribution in [0.15, 0.2) is 29.4 Å². The van der Waals surface area contributed by atoms with Crippen LogP contribution in [-0.2, 0) is 6.54 Å². The van der Waals surface area contributed by atoms with Gasteiger partial charge in [-0.2, -0.15) is 4.91 Å². The minimum absolute atomic E-state index is 0.159. The van der Waals surface area contributed by atoms with Crippen molar-refractivity contribution >= 4 is 5.69 Å². The zero-order chi connectivity index (χ0) is 7.40. The minimum Gasteiger partial charge on any atom is -0.398 e. The molecule has 3 heteroatoms. The maximum absolute atomic E-state index is 9.82. The van der Waals surface area contributed by atoms with Crippen molar-refractivity contribution in [1.29, 1.82) is 0 Å². The van der Waals surface area contributed by atoms with Gasteiger partial charge in [-0.3, -0.25) is 0 Å². The summed E-state index contributed by atoms with van der Waals surface area (Å²) < 4.78 is 0. The van der Waals surface area contributed by atoms with Gasteiger partial charge >= 0.3 is 0 Å². The summed E-state index contributed by atoms with van der Waals surface area (Å²) in [5.41, 5.74) is 6.92. The summed E-state index contributed by atoms with van der Waals surface area (Å²) in [6.45, 7) is 0.159. The van der Waals surface area contributed by atoms with Crippen LogP contribution in [0.5, 0.6) is 0 Å². The number of nitroso groups, excluding NO2 is 1. The molecular weight excluding hydrogens is 128 g/mol. The number of nitrogens with two attached hydrogens (primary N) is 1. The molecule has 10 heavy (non-hydrogen) atoms. The van der Waals surface area contributed by atoms with Crippen LogP contribution in [0.3, 0.4) is 0 Å². The Bertz CT molecular complexity index is 235. The van der Waals surface area contributed by atoms with Crippen LogP contribution in [0.2, 0.25) is 0 Å². The highest BCUT2D eigenvalue weighted by Crippen LogP contribution is 2.10. The molecule has 1 rings (SSSR count). The van der Waals surface area contributed by atoms with Crippen molar-refractivity contribution in [3.8, 4) is 0 Å². The molecule has 0 fully saturated rings. The standard InChI is InChI=1S/C7H8N2O/c8-7-4-2-1-3-6(7)5-9-10/h1-4H,5,8H2. The van der Waals surface area contributed by atoms with Crippen LogP contribution in [0.4, 0.5) is 5.69 Å². The fraction of sp³-hybridized carbons (Fsp3) is 0.143. The van der Waals surface area contributed by atoms with Gasteiger partial charge in [-0.15, -0.1) is 0 Å². The van der Waals surface area contributed by atoms with E-state index in [2.05, 4.69) is 5.18 Å². The lowest BCUT2D eigenvalue weighted by atomic mass is 10.2. The lowest BCUT2D eigenvalue weighted by Gasteiger charge is -1.97. The Morgan fingerprint density at radius 1 is 1.40 bits per heavy atom. The van der Waals surface area contributed by atoms with Gasteiger partial charge in [-0.1, -0.05) is 23.4 Å². The molecule has 0 bridgehead atoms. The molecule has 0 spiro atoms. The van der Waals surface area contributed by atoms with Gasteiger partial charge in [0.25, 0.3) is 0 Å². The fourth-order valence-electron chi connectivity index (χ4n) is 0.748. The van der Waals surface area contributed by atoms with Crippen LogP contribution in [0, 0.1) is 4.91 Å². The summed E-state index contributed by atoms with van der Waals surface area (Å²) in [4.78, 5) is 9.82. The smallest absolute Gasteiger partial charge is 0.108 e. The number of rotatable bonds is 2. The summed E-state index contributed by atoms with van der Waals surface area (Å²) in [6, 6.07) is 7.19. The van der Waals surface area contributed by atoms with Gasteiger partial charge < -0.3 is 5.73 Å². The van der Waals surface area contributed by atoms with Gasteiger partial charge in [0.15, 0.2) is 0 Å². The second-order valence-electron chi connectivity index (χ2n) is 1.99. The van der Waals surface area contributed by atoms with E-state index in [0.717, 1.165) is 5.56 Å². The number of anilines is 1. The lowest BCUT2D eigenvalue weighted by molar-refractivity contribution is 1.06. The van der Waals surface area contributed by atoms with Crippen LogP contribution in [0.1, 0.15) is 5.56 Å². The molecule has 0 heterocycles. The van der Waals surface area contributed by atoms with Crippen molar-refractivity contribution < 1.29 is 0 Å². The van der Waals surface area contributed by atoms with E-state index in [9.17, 15) is 4.91 Å². The summed E-state index contributed by atoms with van der Waals surface area (Å²) >= 11 is 0. The Hall–Kier alpha value is -1.38. The molecule has 1 aromatic carbocycles. The SMILES string of the molecule is Nc1ccccc1CN=O. The van der Waals surface area contributed by atoms with Crippen molar-refractivity contribution in [2.75, 3.05) is 5.73 Å². The second kappa shape index (κ2) is 2.96. The zero-order valence-electron chi connectivity index (χ0n) is 5.45. The normalized spacial score (nSPS) is 9.20.